The topological polar surface area (TPSA) is 156 Å². The highest BCUT2D eigenvalue weighted by atomic mass is 16.5. The highest BCUT2D eigenvalue weighted by molar-refractivity contribution is 5.95. The number of aromatic amines is 1. The van der Waals surface area contributed by atoms with Crippen molar-refractivity contribution in [3.8, 4) is 6.07 Å². The first-order valence-corrected chi connectivity index (χ1v) is 15.1. The van der Waals surface area contributed by atoms with Gasteiger partial charge >= 0.3 is 5.76 Å². The smallest absolute Gasteiger partial charge is 0.345 e. The maximum atomic E-state index is 13.1. The molecule has 12 heteroatoms. The quantitative estimate of drug-likeness (QED) is 0.391. The van der Waals surface area contributed by atoms with Crippen molar-refractivity contribution in [1.29, 1.82) is 5.26 Å². The summed E-state index contributed by atoms with van der Waals surface area (Å²) in [5, 5.41) is 15.6. The van der Waals surface area contributed by atoms with Crippen LogP contribution in [0, 0.1) is 11.3 Å². The Morgan fingerprint density at radius 3 is 2.13 bits per heavy atom. The normalized spacial score (nSPS) is 17.4. The van der Waals surface area contributed by atoms with Crippen LogP contribution in [0.15, 0.2) is 45.7 Å². The van der Waals surface area contributed by atoms with Gasteiger partial charge in [-0.25, -0.2) is 9.95 Å². The fraction of sp³-hybridized carbons (Fsp3) is 0.455. The van der Waals surface area contributed by atoms with Crippen molar-refractivity contribution in [2.24, 2.45) is 0 Å². The number of nitrogens with one attached hydrogen (secondary N) is 2. The van der Waals surface area contributed by atoms with Gasteiger partial charge in [-0.15, -0.1) is 0 Å². The van der Waals surface area contributed by atoms with E-state index in [2.05, 4.69) is 21.5 Å². The Hall–Kier alpha value is -4.76. The van der Waals surface area contributed by atoms with Gasteiger partial charge in [-0.1, -0.05) is 12.1 Å². The van der Waals surface area contributed by atoms with E-state index in [1.54, 1.807) is 45.2 Å². The number of hydrogen-bond acceptors (Lipinski definition) is 8. The van der Waals surface area contributed by atoms with Gasteiger partial charge in [0.2, 0.25) is 5.91 Å². The largest absolute Gasteiger partial charge is 0.459 e. The van der Waals surface area contributed by atoms with Gasteiger partial charge in [-0.3, -0.25) is 14.4 Å². The third kappa shape index (κ3) is 6.00. The van der Waals surface area contributed by atoms with Crippen LogP contribution in [0.1, 0.15) is 75.0 Å². The summed E-state index contributed by atoms with van der Waals surface area (Å²) in [7, 11) is 6.81. The molecule has 1 aromatic heterocycles. The lowest BCUT2D eigenvalue weighted by Gasteiger charge is -2.37. The number of rotatable bonds is 8. The number of carbonyl (C=O) groups is 3. The average molecular weight is 614 g/mol. The maximum absolute atomic E-state index is 13.1. The minimum atomic E-state index is -1.06. The summed E-state index contributed by atoms with van der Waals surface area (Å²) in [6.07, 6.45) is 2.97. The molecule has 1 saturated heterocycles. The fourth-order valence-electron chi connectivity index (χ4n) is 6.71. The molecule has 12 nitrogen and oxygen atoms in total. The molecule has 236 valence electrons. The van der Waals surface area contributed by atoms with Crippen LogP contribution >= 0.6 is 0 Å². The number of carbonyl (C=O) groups excluding carboxylic acids is 3. The average Bonchev–Trinajstić information content (AvgIpc) is 3.67. The molecule has 2 atom stereocenters. The number of nitriles is 1. The molecule has 1 unspecified atom stereocenters. The number of H-pyrrole nitrogens is 1. The van der Waals surface area contributed by atoms with Gasteiger partial charge in [0.1, 0.15) is 6.04 Å². The van der Waals surface area contributed by atoms with E-state index in [4.69, 9.17) is 4.52 Å². The minimum Gasteiger partial charge on any atom is -0.345 e. The highest BCUT2D eigenvalue weighted by Gasteiger charge is 2.45. The van der Waals surface area contributed by atoms with Crippen LogP contribution in [0.25, 0.3) is 0 Å². The number of aromatic nitrogens is 2. The molecule has 3 amide bonds. The lowest BCUT2D eigenvalue weighted by molar-refractivity contribution is -0.130. The summed E-state index contributed by atoms with van der Waals surface area (Å²) in [5.74, 6) is -0.896. The number of nitrogens with zero attached hydrogens (tertiary/aromatic N) is 5. The summed E-state index contributed by atoms with van der Waals surface area (Å²) in [6, 6.07) is 12.7. The molecule has 5 rings (SSSR count). The van der Waals surface area contributed by atoms with Crippen LogP contribution in [-0.4, -0.2) is 95.9 Å². The zero-order valence-electron chi connectivity index (χ0n) is 26.3. The third-order valence-electron chi connectivity index (χ3n) is 8.88. The van der Waals surface area contributed by atoms with Crippen molar-refractivity contribution in [2.75, 3.05) is 41.3 Å². The van der Waals surface area contributed by atoms with E-state index in [0.29, 0.717) is 49.2 Å². The zero-order valence-corrected chi connectivity index (χ0v) is 26.3. The van der Waals surface area contributed by atoms with Crippen molar-refractivity contribution in [3.63, 3.8) is 0 Å². The first-order valence-electron chi connectivity index (χ1n) is 15.1. The second-order valence-corrected chi connectivity index (χ2v) is 12.3. The van der Waals surface area contributed by atoms with Gasteiger partial charge < -0.3 is 24.5 Å². The molecule has 3 aromatic rings. The first-order chi connectivity index (χ1) is 21.5. The molecule has 45 heavy (non-hydrogen) atoms. The van der Waals surface area contributed by atoms with Crippen LogP contribution in [0.2, 0.25) is 0 Å². The number of likely N-dealkylation sites (tertiary alicyclic amines) is 1. The molecule has 0 spiro atoms. The molecular weight excluding hydrogens is 574 g/mol. The Balaban J connectivity index is 1.63. The summed E-state index contributed by atoms with van der Waals surface area (Å²) in [5.41, 5.74) is 3.50. The Kier molecular flexibility index (Phi) is 8.93. The third-order valence-corrected chi connectivity index (χ3v) is 8.88. The standard InChI is InChI=1S/C33H39N7O5/c1-20(35-19-28(41)40-14-6-7-25(40)18-34)17-33(31-36-32(44)45-37-31)26-12-10-23(29(42)38(2)3)15-21(26)8-9-22-16-24(11-13-27(22)33)30(43)39(4)5/h10-13,15-16,20,25,35H,6-9,14,17,19H2,1-5H3,(H,36,37,44)/t20-,25?/m1/s1. The number of hydrogen-bond donors (Lipinski definition) is 2. The van der Waals surface area contributed by atoms with Crippen LogP contribution < -0.4 is 11.1 Å². The Bertz CT molecular complexity index is 1640. The van der Waals surface area contributed by atoms with Gasteiger partial charge in [-0.2, -0.15) is 10.2 Å². The Labute approximate surface area is 262 Å². The lowest BCUT2D eigenvalue weighted by Crippen LogP contribution is -2.45. The second kappa shape index (κ2) is 12.7. The molecule has 1 aliphatic carbocycles. The van der Waals surface area contributed by atoms with Crippen LogP contribution in [0.3, 0.4) is 0 Å². The Morgan fingerprint density at radius 2 is 1.64 bits per heavy atom. The van der Waals surface area contributed by atoms with Gasteiger partial charge in [0.05, 0.1) is 18.0 Å². The highest BCUT2D eigenvalue weighted by Crippen LogP contribution is 2.47. The molecule has 0 saturated carbocycles. The molecule has 2 aromatic carbocycles. The summed E-state index contributed by atoms with van der Waals surface area (Å²) in [4.78, 5) is 60.4. The maximum Gasteiger partial charge on any atom is 0.459 e. The van der Waals surface area contributed by atoms with E-state index in [0.717, 1.165) is 28.7 Å². The molecule has 1 aliphatic heterocycles. The van der Waals surface area contributed by atoms with Crippen molar-refractivity contribution < 1.29 is 18.9 Å². The van der Waals surface area contributed by atoms with E-state index in [1.807, 2.05) is 31.2 Å². The van der Waals surface area contributed by atoms with Crippen LogP contribution in [0.4, 0.5) is 0 Å². The Morgan fingerprint density at radius 1 is 1.07 bits per heavy atom. The van der Waals surface area contributed by atoms with Crippen molar-refractivity contribution >= 4 is 17.7 Å². The molecule has 1 fully saturated rings. The predicted molar refractivity (Wildman–Crippen MR) is 166 cm³/mol. The SMILES string of the molecule is C[C@H](CC1(c2nc(=O)o[nH]2)c2ccc(C(=O)N(C)C)cc2CCc2cc(C(=O)N(C)C)ccc21)NCC(=O)N1CCCC1C#N. The van der Waals surface area contributed by atoms with E-state index in [1.165, 1.54) is 9.80 Å². The molecule has 2 N–H and O–H groups in total. The fourth-order valence-corrected chi connectivity index (χ4v) is 6.71. The van der Waals surface area contributed by atoms with Crippen LogP contribution in [0.5, 0.6) is 0 Å². The lowest BCUT2D eigenvalue weighted by atomic mass is 9.67. The molecule has 0 bridgehead atoms. The van der Waals surface area contributed by atoms with E-state index in [9.17, 15) is 24.4 Å². The van der Waals surface area contributed by atoms with Gasteiger partial charge in [0.25, 0.3) is 11.8 Å². The zero-order chi connectivity index (χ0) is 32.5. The first kappa shape index (κ1) is 31.7. The molecular formula is C33H39N7O5. The molecule has 2 heterocycles. The summed E-state index contributed by atoms with van der Waals surface area (Å²) >= 11 is 0. The monoisotopic (exact) mass is 613 g/mol. The van der Waals surface area contributed by atoms with Crippen LogP contribution in [-0.2, 0) is 23.1 Å². The van der Waals surface area contributed by atoms with Crippen molar-refractivity contribution in [2.45, 2.75) is 56.5 Å². The van der Waals surface area contributed by atoms with Crippen molar-refractivity contribution in [1.82, 2.24) is 30.2 Å². The van der Waals surface area contributed by atoms with Gasteiger partial charge in [-0.05, 0) is 85.5 Å². The summed E-state index contributed by atoms with van der Waals surface area (Å²) < 4.78 is 5.15. The minimum absolute atomic E-state index is 0.0387. The number of amides is 3. The predicted octanol–water partition coefficient (Wildman–Crippen LogP) is 2.08. The van der Waals surface area contributed by atoms with E-state index >= 15 is 0 Å². The second-order valence-electron chi connectivity index (χ2n) is 12.3. The van der Waals surface area contributed by atoms with E-state index in [-0.39, 0.29) is 30.3 Å². The van der Waals surface area contributed by atoms with E-state index < -0.39 is 17.2 Å². The number of fused-ring (bicyclic) bond motifs is 2. The van der Waals surface area contributed by atoms with Gasteiger partial charge in [0.15, 0.2) is 5.82 Å². The molecule has 0 radical (unpaired) electrons. The van der Waals surface area contributed by atoms with Crippen molar-refractivity contribution in [3.05, 3.63) is 86.2 Å². The number of benzene rings is 2. The molecule has 2 aliphatic rings. The van der Waals surface area contributed by atoms with Gasteiger partial charge in [0, 0.05) is 51.9 Å². The number of aryl methyl sites for hydroxylation is 2. The summed E-state index contributed by atoms with van der Waals surface area (Å²) in [6.45, 7) is 2.55.